The summed E-state index contributed by atoms with van der Waals surface area (Å²) in [6, 6.07) is 0. The minimum atomic E-state index is 0.766. The molecule has 0 saturated carbocycles. The Kier molecular flexibility index (Phi) is 7.88. The van der Waals surface area contributed by atoms with Gasteiger partial charge in [-0.15, -0.1) is 0 Å². The lowest BCUT2D eigenvalue weighted by atomic mass is 10.1. The molecule has 0 aromatic heterocycles. The fourth-order valence-corrected chi connectivity index (χ4v) is 1.98. The highest BCUT2D eigenvalue weighted by Gasteiger charge is 2.14. The molecule has 0 bridgehead atoms. The molecule has 0 aliphatic carbocycles. The molecule has 0 aromatic rings. The van der Waals surface area contributed by atoms with E-state index in [9.17, 15) is 0 Å². The third-order valence-electron chi connectivity index (χ3n) is 3.01. The molecule has 90 valence electrons. The molecule has 1 unspecified atom stereocenters. The molecule has 1 atom stereocenters. The molecule has 1 rings (SSSR count). The highest BCUT2D eigenvalue weighted by atomic mass is 16.5. The van der Waals surface area contributed by atoms with Crippen molar-refractivity contribution in [3.05, 3.63) is 0 Å². The van der Waals surface area contributed by atoms with Gasteiger partial charge in [-0.25, -0.2) is 0 Å². The highest BCUT2D eigenvalue weighted by Crippen LogP contribution is 2.10. The second-order valence-electron chi connectivity index (χ2n) is 4.49. The van der Waals surface area contributed by atoms with Crippen molar-refractivity contribution in [2.24, 2.45) is 11.7 Å². The van der Waals surface area contributed by atoms with E-state index < -0.39 is 0 Å². The lowest BCUT2D eigenvalue weighted by Crippen LogP contribution is -2.23. The van der Waals surface area contributed by atoms with Gasteiger partial charge in [0.15, 0.2) is 0 Å². The maximum atomic E-state index is 5.44. The van der Waals surface area contributed by atoms with Gasteiger partial charge in [-0.05, 0) is 38.3 Å². The molecule has 0 amide bonds. The second kappa shape index (κ2) is 9.13. The van der Waals surface area contributed by atoms with Crippen molar-refractivity contribution in [1.82, 2.24) is 5.32 Å². The Morgan fingerprint density at radius 2 is 1.93 bits per heavy atom. The Bertz CT molecular complexity index is 136. The standard InChI is InChI=1S/C12H26N2O/c13-7-4-2-1-3-5-8-14-10-12-6-9-15-11-12/h12,14H,1-11,13H2. The van der Waals surface area contributed by atoms with Crippen LogP contribution in [0.3, 0.4) is 0 Å². The zero-order chi connectivity index (χ0) is 10.8. The quantitative estimate of drug-likeness (QED) is 0.572. The van der Waals surface area contributed by atoms with Crippen molar-refractivity contribution < 1.29 is 4.74 Å². The molecule has 3 nitrogen and oxygen atoms in total. The average molecular weight is 214 g/mol. The molecule has 3 heteroatoms. The molecule has 1 aliphatic heterocycles. The van der Waals surface area contributed by atoms with Gasteiger partial charge in [-0.1, -0.05) is 19.3 Å². The Morgan fingerprint density at radius 3 is 2.67 bits per heavy atom. The van der Waals surface area contributed by atoms with E-state index in [-0.39, 0.29) is 0 Å². The van der Waals surface area contributed by atoms with Gasteiger partial charge in [0.2, 0.25) is 0 Å². The normalized spacial score (nSPS) is 21.0. The monoisotopic (exact) mass is 214 g/mol. The largest absolute Gasteiger partial charge is 0.381 e. The number of ether oxygens (including phenoxy) is 1. The Labute approximate surface area is 93.8 Å². The predicted molar refractivity (Wildman–Crippen MR) is 63.9 cm³/mol. The Balaban J connectivity index is 1.73. The first kappa shape index (κ1) is 12.9. The summed E-state index contributed by atoms with van der Waals surface area (Å²) in [5, 5.41) is 3.51. The summed E-state index contributed by atoms with van der Waals surface area (Å²) >= 11 is 0. The van der Waals surface area contributed by atoms with Crippen molar-refractivity contribution in [3.63, 3.8) is 0 Å². The SMILES string of the molecule is NCCCCCCCNCC1CCOC1. The second-order valence-corrected chi connectivity index (χ2v) is 4.49. The van der Waals surface area contributed by atoms with E-state index >= 15 is 0 Å². The smallest absolute Gasteiger partial charge is 0.0507 e. The van der Waals surface area contributed by atoms with Crippen LogP contribution in [-0.2, 0) is 4.74 Å². The zero-order valence-corrected chi connectivity index (χ0v) is 9.84. The van der Waals surface area contributed by atoms with Crippen LogP contribution in [0.15, 0.2) is 0 Å². The van der Waals surface area contributed by atoms with E-state index in [0.29, 0.717) is 0 Å². The number of hydrogen-bond acceptors (Lipinski definition) is 3. The predicted octanol–water partition coefficient (Wildman–Crippen LogP) is 1.52. The van der Waals surface area contributed by atoms with Crippen molar-refractivity contribution in [2.75, 3.05) is 32.8 Å². The Morgan fingerprint density at radius 1 is 1.13 bits per heavy atom. The summed E-state index contributed by atoms with van der Waals surface area (Å²) in [7, 11) is 0. The van der Waals surface area contributed by atoms with Crippen LogP contribution in [0.1, 0.15) is 38.5 Å². The van der Waals surface area contributed by atoms with Crippen LogP contribution in [0.4, 0.5) is 0 Å². The lowest BCUT2D eigenvalue weighted by Gasteiger charge is -2.08. The van der Waals surface area contributed by atoms with Gasteiger partial charge < -0.3 is 15.8 Å². The van der Waals surface area contributed by atoms with Gasteiger partial charge in [-0.2, -0.15) is 0 Å². The van der Waals surface area contributed by atoms with Crippen molar-refractivity contribution in [1.29, 1.82) is 0 Å². The molecular weight excluding hydrogens is 188 g/mol. The summed E-state index contributed by atoms with van der Waals surface area (Å²) < 4.78 is 5.33. The van der Waals surface area contributed by atoms with Crippen molar-refractivity contribution >= 4 is 0 Å². The minimum absolute atomic E-state index is 0.766. The number of nitrogens with one attached hydrogen (secondary N) is 1. The first-order chi connectivity index (χ1) is 7.43. The van der Waals surface area contributed by atoms with Gasteiger partial charge in [0.1, 0.15) is 0 Å². The van der Waals surface area contributed by atoms with Gasteiger partial charge >= 0.3 is 0 Å². The summed E-state index contributed by atoms with van der Waals surface area (Å²) in [5.74, 6) is 0.766. The number of unbranched alkanes of at least 4 members (excludes halogenated alkanes) is 4. The van der Waals surface area contributed by atoms with Crippen molar-refractivity contribution in [2.45, 2.75) is 38.5 Å². The molecule has 3 N–H and O–H groups in total. The van der Waals surface area contributed by atoms with Crippen LogP contribution in [0.2, 0.25) is 0 Å². The first-order valence-corrected chi connectivity index (χ1v) is 6.42. The molecule has 15 heavy (non-hydrogen) atoms. The molecular formula is C12H26N2O. The summed E-state index contributed by atoms with van der Waals surface area (Å²) in [6.45, 7) is 5.08. The van der Waals surface area contributed by atoms with E-state index in [1.165, 1.54) is 45.1 Å². The lowest BCUT2D eigenvalue weighted by molar-refractivity contribution is 0.185. The topological polar surface area (TPSA) is 47.3 Å². The number of rotatable bonds is 9. The zero-order valence-electron chi connectivity index (χ0n) is 9.84. The fourth-order valence-electron chi connectivity index (χ4n) is 1.98. The molecule has 0 spiro atoms. The minimum Gasteiger partial charge on any atom is -0.381 e. The fraction of sp³-hybridized carbons (Fsp3) is 1.00. The maximum Gasteiger partial charge on any atom is 0.0507 e. The van der Waals surface area contributed by atoms with Crippen LogP contribution in [-0.4, -0.2) is 32.8 Å². The molecule has 1 saturated heterocycles. The van der Waals surface area contributed by atoms with Crippen LogP contribution in [0, 0.1) is 5.92 Å². The number of nitrogens with two attached hydrogens (primary N) is 1. The van der Waals surface area contributed by atoms with Crippen LogP contribution in [0.25, 0.3) is 0 Å². The summed E-state index contributed by atoms with van der Waals surface area (Å²) in [5.41, 5.74) is 5.44. The summed E-state index contributed by atoms with van der Waals surface area (Å²) in [4.78, 5) is 0. The molecule has 0 aromatic carbocycles. The van der Waals surface area contributed by atoms with Gasteiger partial charge in [0, 0.05) is 13.2 Å². The van der Waals surface area contributed by atoms with Gasteiger partial charge in [0.05, 0.1) is 6.61 Å². The highest BCUT2D eigenvalue weighted by molar-refractivity contribution is 4.66. The van der Waals surface area contributed by atoms with E-state index in [0.717, 1.165) is 32.2 Å². The van der Waals surface area contributed by atoms with E-state index in [1.54, 1.807) is 0 Å². The summed E-state index contributed by atoms with van der Waals surface area (Å²) in [6.07, 6.45) is 7.71. The van der Waals surface area contributed by atoms with Crippen LogP contribution in [0.5, 0.6) is 0 Å². The third-order valence-corrected chi connectivity index (χ3v) is 3.01. The third kappa shape index (κ3) is 6.88. The van der Waals surface area contributed by atoms with Crippen LogP contribution >= 0.6 is 0 Å². The van der Waals surface area contributed by atoms with E-state index in [1.807, 2.05) is 0 Å². The van der Waals surface area contributed by atoms with Gasteiger partial charge in [0.25, 0.3) is 0 Å². The first-order valence-electron chi connectivity index (χ1n) is 6.42. The molecule has 0 radical (unpaired) electrons. The maximum absolute atomic E-state index is 5.44. The van der Waals surface area contributed by atoms with Crippen LogP contribution < -0.4 is 11.1 Å². The Hall–Kier alpha value is -0.120. The van der Waals surface area contributed by atoms with E-state index in [2.05, 4.69) is 5.32 Å². The number of hydrogen-bond donors (Lipinski definition) is 2. The molecule has 1 fully saturated rings. The average Bonchev–Trinajstić information content (AvgIpc) is 2.75. The van der Waals surface area contributed by atoms with Crippen molar-refractivity contribution in [3.8, 4) is 0 Å². The van der Waals surface area contributed by atoms with Gasteiger partial charge in [-0.3, -0.25) is 0 Å². The molecule has 1 heterocycles. The van der Waals surface area contributed by atoms with E-state index in [4.69, 9.17) is 10.5 Å². The molecule has 1 aliphatic rings.